The summed E-state index contributed by atoms with van der Waals surface area (Å²) in [6.45, 7) is 14.0. The normalized spacial score (nSPS) is 26.2. The van der Waals surface area contributed by atoms with Crippen molar-refractivity contribution in [3.8, 4) is 23.3 Å². The SMILES string of the molecule is Cc1ccc2c(N)c(C(=O)N[C@H]3CCc4cc(N5CC6CNCC(C5)O6)c(C#N)cc4C3)sc2n1.Cc1ccc2c(N)c(C(=O)N[C@H]3COc4c(F)c(N5C6C7[C@@H]6NC[C@H]75)cc(F)c4C3)sc2n1.Cc1ccc2c(N)c(C(=O)N[C@H]3COc4c(F)c(N5C6C7[C@H]6NC[C@@H]75)cc(F)c4C3)sc2n1.Cc1nc2sc(C(=O)N[C@H]3COc4cc(N5CC6CCC(C5)N6)c(F)c(F)c4C3)c(N)c2s1. The fraction of sp³-hybridized carbons (Fsp3) is 0.415. The predicted molar refractivity (Wildman–Crippen MR) is 504 cm³/mol. The van der Waals surface area contributed by atoms with Crippen LogP contribution >= 0.6 is 56.7 Å². The number of thiazole rings is 1. The predicted octanol–water partition coefficient (Wildman–Crippen LogP) is 10.4. The van der Waals surface area contributed by atoms with Gasteiger partial charge < -0.3 is 104 Å². The third-order valence-corrected chi connectivity index (χ3v) is 34.3. The van der Waals surface area contributed by atoms with Crippen LogP contribution in [0.2, 0.25) is 0 Å². The Morgan fingerprint density at radius 3 is 1.41 bits per heavy atom. The lowest BCUT2D eigenvalue weighted by molar-refractivity contribution is -0.0484. The molecule has 12 aromatic rings. The zero-order chi connectivity index (χ0) is 92.1. The molecule has 10 fully saturated rings. The summed E-state index contributed by atoms with van der Waals surface area (Å²) in [5.41, 5.74) is 34.4. The molecule has 16 atom stereocenters. The molecule has 26 rings (SSSR count). The van der Waals surface area contributed by atoms with Crippen LogP contribution < -0.4 is 99.3 Å². The summed E-state index contributed by atoms with van der Waals surface area (Å²) in [5, 5.41) is 38.6. The average Bonchev–Trinajstić information content (AvgIpc) is 1.50. The minimum absolute atomic E-state index is 0.000480. The van der Waals surface area contributed by atoms with Gasteiger partial charge in [-0.3, -0.25) is 19.2 Å². The van der Waals surface area contributed by atoms with Gasteiger partial charge in [-0.25, -0.2) is 46.3 Å². The van der Waals surface area contributed by atoms with Gasteiger partial charge in [-0.1, -0.05) is 0 Å². The summed E-state index contributed by atoms with van der Waals surface area (Å²) in [7, 11) is 0. The van der Waals surface area contributed by atoms with Crippen molar-refractivity contribution < 1.29 is 64.5 Å². The number of pyridine rings is 3. The van der Waals surface area contributed by atoms with Crippen molar-refractivity contribution in [1.29, 1.82) is 5.26 Å². The molecule has 3 aliphatic carbocycles. The molecule has 0 spiro atoms. The maximum absolute atomic E-state index is 15.3. The fourth-order valence-corrected chi connectivity index (χ4v) is 27.4. The van der Waals surface area contributed by atoms with E-state index in [4.69, 9.17) is 41.9 Å². The third-order valence-electron chi connectivity index (χ3n) is 28.7. The van der Waals surface area contributed by atoms with E-state index in [0.29, 0.717) is 119 Å². The number of aryl methyl sites for hydroxylation is 5. The van der Waals surface area contributed by atoms with Crippen molar-refractivity contribution in [1.82, 2.24) is 62.5 Å². The Labute approximate surface area is 783 Å². The fourth-order valence-electron chi connectivity index (χ4n) is 22.2. The van der Waals surface area contributed by atoms with Crippen molar-refractivity contribution in [2.45, 2.75) is 164 Å². The average molecular weight is 1920 g/mol. The number of nitrogens with zero attached hydrogens (tertiary/aromatic N) is 9. The molecular weight excluding hydrogens is 1830 g/mol. The molecule has 4 aromatic carbocycles. The quantitative estimate of drug-likeness (QED) is 0.0506. The van der Waals surface area contributed by atoms with Crippen molar-refractivity contribution in [2.24, 2.45) is 11.8 Å². The Morgan fingerprint density at radius 1 is 0.478 bits per heavy atom. The van der Waals surface area contributed by atoms with Gasteiger partial charge in [0, 0.05) is 194 Å². The number of aromatic nitrogens is 4. The van der Waals surface area contributed by atoms with Crippen molar-refractivity contribution in [3.63, 3.8) is 0 Å². The lowest BCUT2D eigenvalue weighted by Crippen LogP contribution is -2.58. The number of nitrogens with two attached hydrogens (primary N) is 4. The second-order valence-corrected chi connectivity index (χ2v) is 42.5. The molecule has 19 heterocycles. The van der Waals surface area contributed by atoms with Crippen molar-refractivity contribution in [3.05, 3.63) is 177 Å². The number of nitriles is 1. The van der Waals surface area contributed by atoms with Crippen LogP contribution in [0.5, 0.6) is 17.2 Å². The first-order valence-corrected chi connectivity index (χ1v) is 49.3. The minimum Gasteiger partial charge on any atom is -0.491 e. The van der Waals surface area contributed by atoms with Gasteiger partial charge in [0.1, 0.15) is 82.1 Å². The van der Waals surface area contributed by atoms with Gasteiger partial charge in [-0.15, -0.1) is 56.7 Å². The molecule has 16 N–H and O–H groups in total. The van der Waals surface area contributed by atoms with Gasteiger partial charge in [0.15, 0.2) is 34.8 Å². The first-order chi connectivity index (χ1) is 64.7. The number of nitrogen functional groups attached to an aromatic ring is 4. The largest absolute Gasteiger partial charge is 0.491 e. The zero-order valence-corrected chi connectivity index (χ0v) is 77.0. The van der Waals surface area contributed by atoms with Crippen LogP contribution in [0, 0.1) is 85.8 Å². The van der Waals surface area contributed by atoms with E-state index in [1.54, 1.807) is 6.07 Å². The number of fused-ring (bicyclic) bond motifs is 14. The number of thiophene rings is 4. The van der Waals surface area contributed by atoms with Crippen LogP contribution in [0.25, 0.3) is 40.2 Å². The minimum atomic E-state index is -0.900. The molecule has 4 amide bonds. The van der Waals surface area contributed by atoms with E-state index in [-0.39, 0.29) is 150 Å². The smallest absolute Gasteiger partial charge is 0.263 e. The van der Waals surface area contributed by atoms with Gasteiger partial charge in [-0.05, 0) is 119 Å². The molecule has 8 aromatic heterocycles. The van der Waals surface area contributed by atoms with E-state index < -0.39 is 53.0 Å². The van der Waals surface area contributed by atoms with E-state index in [1.165, 1.54) is 74.4 Å². The molecule has 29 nitrogen and oxygen atoms in total. The van der Waals surface area contributed by atoms with E-state index in [1.807, 2.05) is 84.9 Å². The first kappa shape index (κ1) is 86.5. The van der Waals surface area contributed by atoms with Crippen LogP contribution in [0.15, 0.2) is 66.7 Å². The zero-order valence-electron chi connectivity index (χ0n) is 72.9. The van der Waals surface area contributed by atoms with Crippen LogP contribution in [0.1, 0.15) is 113 Å². The van der Waals surface area contributed by atoms with E-state index in [2.05, 4.69) is 79.5 Å². The Balaban J connectivity index is 0.000000101. The molecule has 8 unspecified atom stereocenters. The summed E-state index contributed by atoms with van der Waals surface area (Å²) in [4.78, 5) is 82.2. The Bertz CT molecular complexity index is 6750. The Hall–Kier alpha value is -11.7. The monoisotopic (exact) mass is 1920 g/mol. The number of carbonyl (C=O) groups excluding carboxylic acids is 4. The van der Waals surface area contributed by atoms with Crippen LogP contribution in [0.3, 0.4) is 0 Å². The van der Waals surface area contributed by atoms with Gasteiger partial charge in [0.25, 0.3) is 23.6 Å². The maximum atomic E-state index is 15.3. The standard InChI is InChI=1S/C26H28N6O2S.2C23H21F2N5O2S.C22H23F2N5O2S2/c1-14-2-5-21-23(28)24(35-26(21)30-14)25(33)31-18-4-3-15-8-22(17(9-27)6-16(15)7-18)32-12-19-10-29-11-20(13-32)34-19;2*1-8-2-3-10-17(26)21(33-23(10)28-8)22(31)29-9-4-11-12(24)5-13(16(25)20(11)32-7-9)30-14-6-27-18-15(14)19(18)30;1-9-26-22-20(32-9)18(25)19(33-22)21(30)28-12-4-13-15(31-8-12)5-14(17(24)16(13)23)29-6-10-2-3-11(7-29)27-10/h2,5-6,8,18-20,29H,3-4,7,10-13,28H2,1H3,(H,31,33);2*2-3,5,9,14-15,18-19,27H,4,6-7,26H2,1H3,(H,29,31);5,10-12,27H,2-4,6-8,25H2,1H3,(H,28,30)/t18-,19?,20?;9-,14+,15?,18-,19?;9-,14-,15?,18+,19?;10?,11?,12-/m0111/s1. The van der Waals surface area contributed by atoms with Crippen molar-refractivity contribution >= 4 is 166 Å². The van der Waals surface area contributed by atoms with E-state index in [0.717, 1.165) is 129 Å². The molecule has 40 heteroatoms. The number of halogens is 6. The number of amides is 4. The highest BCUT2D eigenvalue weighted by atomic mass is 32.1. The van der Waals surface area contributed by atoms with Gasteiger partial charge in [-0.2, -0.15) is 5.26 Å². The molecule has 0 radical (unpaired) electrons. The van der Waals surface area contributed by atoms with E-state index >= 15 is 26.3 Å². The lowest BCUT2D eigenvalue weighted by Gasteiger charge is -2.43. The number of anilines is 8. The Kier molecular flexibility index (Phi) is 21.6. The van der Waals surface area contributed by atoms with Crippen LogP contribution in [-0.2, 0) is 36.8 Å². The number of hydrogen-bond donors (Lipinski definition) is 12. The summed E-state index contributed by atoms with van der Waals surface area (Å²) >= 11 is 6.45. The molecule has 694 valence electrons. The van der Waals surface area contributed by atoms with E-state index in [9.17, 15) is 24.4 Å². The number of morpholine rings is 2. The summed E-state index contributed by atoms with van der Waals surface area (Å²) < 4.78 is 115. The number of piperazine rings is 3. The molecule has 14 aliphatic rings. The summed E-state index contributed by atoms with van der Waals surface area (Å²) in [5.74, 6) is -3.64. The van der Waals surface area contributed by atoms with Crippen LogP contribution in [-0.4, -0.2) is 200 Å². The second kappa shape index (κ2) is 33.4. The highest BCUT2D eigenvalue weighted by molar-refractivity contribution is 7.29. The second-order valence-electron chi connectivity index (χ2n) is 37.3. The number of rotatable bonds is 12. The third kappa shape index (κ3) is 15.0. The highest BCUT2D eigenvalue weighted by Crippen LogP contribution is 2.60. The molecule has 11 aliphatic heterocycles. The number of hydrogen-bond acceptors (Lipinski definition) is 30. The molecule has 134 heavy (non-hydrogen) atoms. The molecule has 8 saturated heterocycles. The van der Waals surface area contributed by atoms with Crippen molar-refractivity contribution in [2.75, 3.05) is 115 Å². The number of piperidine rings is 2. The maximum Gasteiger partial charge on any atom is 0.263 e. The molecule has 2 saturated carbocycles. The van der Waals surface area contributed by atoms with Gasteiger partial charge in [0.05, 0.1) is 103 Å². The van der Waals surface area contributed by atoms with Gasteiger partial charge in [0.2, 0.25) is 0 Å². The highest BCUT2D eigenvalue weighted by Gasteiger charge is 2.74. The van der Waals surface area contributed by atoms with Crippen LogP contribution in [0.4, 0.5) is 71.8 Å². The molecule has 4 bridgehead atoms. The van der Waals surface area contributed by atoms with Gasteiger partial charge >= 0.3 is 0 Å². The topological polar surface area (TPSA) is 394 Å². The number of carbonyl (C=O) groups is 4. The summed E-state index contributed by atoms with van der Waals surface area (Å²) in [6.07, 6.45) is 5.27. The number of ether oxygens (including phenoxy) is 4. The molecular formula is C94H93F6N21O8S5. The first-order valence-electron chi connectivity index (χ1n) is 45.2. The Morgan fingerprint density at radius 2 is 0.940 bits per heavy atom. The lowest BCUT2D eigenvalue weighted by atomic mass is 9.86. The summed E-state index contributed by atoms with van der Waals surface area (Å²) in [6, 6.07) is 22.9. The number of benzene rings is 4. The number of nitrogens with one attached hydrogen (secondary N) is 8.